The van der Waals surface area contributed by atoms with Crippen molar-refractivity contribution >= 4 is 18.3 Å². The summed E-state index contributed by atoms with van der Waals surface area (Å²) in [5.74, 6) is 0.658. The van der Waals surface area contributed by atoms with Crippen LogP contribution in [0.15, 0.2) is 17.3 Å². The van der Waals surface area contributed by atoms with Crippen LogP contribution in [0.2, 0.25) is 0 Å². The number of aromatic nitrogens is 1. The monoisotopic (exact) mass is 150 g/mol. The summed E-state index contributed by atoms with van der Waals surface area (Å²) in [5.41, 5.74) is 0.627. The first-order valence-electron chi connectivity index (χ1n) is 3.29. The van der Waals surface area contributed by atoms with Gasteiger partial charge in [-0.25, -0.2) is 4.99 Å². The summed E-state index contributed by atoms with van der Waals surface area (Å²) in [6.07, 6.45) is 1.79. The zero-order valence-electron chi connectivity index (χ0n) is 6.66. The number of nitrogens with zero attached hydrogens (tertiary/aromatic N) is 2. The summed E-state index contributed by atoms with van der Waals surface area (Å²) in [6.45, 7) is 4.90. The topological polar surface area (TPSA) is 34.4 Å². The lowest BCUT2D eigenvalue weighted by molar-refractivity contribution is 0.101. The van der Waals surface area contributed by atoms with Crippen LogP contribution in [0.4, 0.5) is 5.82 Å². The Balaban J connectivity index is 3.26. The van der Waals surface area contributed by atoms with Crippen LogP contribution in [0.3, 0.4) is 0 Å². The lowest BCUT2D eigenvalue weighted by Gasteiger charge is -1.96. The molecule has 0 saturated heterocycles. The van der Waals surface area contributed by atoms with E-state index >= 15 is 0 Å². The molecule has 1 aromatic rings. The van der Waals surface area contributed by atoms with E-state index < -0.39 is 0 Å². The predicted molar refractivity (Wildman–Crippen MR) is 44.6 cm³/mol. The molecule has 3 nitrogen and oxygen atoms in total. The van der Waals surface area contributed by atoms with Gasteiger partial charge in [0.25, 0.3) is 0 Å². The largest absolute Gasteiger partial charge is 0.336 e. The van der Waals surface area contributed by atoms with Gasteiger partial charge in [0.1, 0.15) is 5.82 Å². The number of hydrogen-bond donors (Lipinski definition) is 0. The van der Waals surface area contributed by atoms with Crippen LogP contribution in [0.25, 0.3) is 0 Å². The zero-order valence-corrected chi connectivity index (χ0v) is 6.66. The number of rotatable bonds is 2. The molecule has 0 spiro atoms. The number of Topliss-reactive ketones (excluding diaryl/α,β-unsaturated/α-hetero) is 1. The molecule has 0 N–H and O–H groups in total. The molecule has 0 saturated carbocycles. The van der Waals surface area contributed by atoms with Crippen LogP contribution >= 0.6 is 0 Å². The maximum atomic E-state index is 10.9. The number of ketones is 1. The van der Waals surface area contributed by atoms with Gasteiger partial charge in [-0.05, 0) is 19.7 Å². The molecule has 0 aliphatic heterocycles. The van der Waals surface area contributed by atoms with E-state index in [0.29, 0.717) is 11.4 Å². The third kappa shape index (κ3) is 1.22. The van der Waals surface area contributed by atoms with Crippen LogP contribution in [0, 0.1) is 0 Å². The van der Waals surface area contributed by atoms with Crippen LogP contribution < -0.4 is 0 Å². The fourth-order valence-corrected chi connectivity index (χ4v) is 0.993. The SMILES string of the molecule is C=Nc1c(C(C)=O)ccn1C. The van der Waals surface area contributed by atoms with Gasteiger partial charge in [0.15, 0.2) is 5.78 Å². The molecule has 0 aliphatic rings. The molecule has 1 rings (SSSR count). The Kier molecular flexibility index (Phi) is 1.89. The first-order chi connectivity index (χ1) is 5.16. The number of aliphatic imine (C=N–C) groups is 1. The van der Waals surface area contributed by atoms with Crippen molar-refractivity contribution < 1.29 is 4.79 Å². The van der Waals surface area contributed by atoms with Crippen LogP contribution in [0.5, 0.6) is 0 Å². The van der Waals surface area contributed by atoms with Crippen molar-refractivity contribution in [2.24, 2.45) is 12.0 Å². The fraction of sp³-hybridized carbons (Fsp3) is 0.250. The van der Waals surface area contributed by atoms with Crippen molar-refractivity contribution in [2.75, 3.05) is 0 Å². The fourth-order valence-electron chi connectivity index (χ4n) is 0.993. The van der Waals surface area contributed by atoms with Gasteiger partial charge >= 0.3 is 0 Å². The summed E-state index contributed by atoms with van der Waals surface area (Å²) in [6, 6.07) is 1.74. The van der Waals surface area contributed by atoms with Gasteiger partial charge in [-0.1, -0.05) is 0 Å². The van der Waals surface area contributed by atoms with Gasteiger partial charge in [0.2, 0.25) is 0 Å². The minimum atomic E-state index is 0.0213. The van der Waals surface area contributed by atoms with Crippen molar-refractivity contribution in [2.45, 2.75) is 6.92 Å². The second-order valence-corrected chi connectivity index (χ2v) is 2.38. The van der Waals surface area contributed by atoms with Crippen LogP contribution in [0.1, 0.15) is 17.3 Å². The van der Waals surface area contributed by atoms with Crippen LogP contribution in [-0.4, -0.2) is 17.1 Å². The molecule has 0 amide bonds. The Hall–Kier alpha value is -1.38. The van der Waals surface area contributed by atoms with Crippen LogP contribution in [-0.2, 0) is 7.05 Å². The minimum Gasteiger partial charge on any atom is -0.336 e. The second kappa shape index (κ2) is 2.70. The quantitative estimate of drug-likeness (QED) is 0.465. The highest BCUT2D eigenvalue weighted by molar-refractivity contribution is 5.98. The number of hydrogen-bond acceptors (Lipinski definition) is 2. The first kappa shape index (κ1) is 7.72. The molecule has 1 aromatic heterocycles. The summed E-state index contributed by atoms with van der Waals surface area (Å²) in [7, 11) is 1.83. The molecule has 0 atom stereocenters. The Morgan fingerprint density at radius 1 is 1.73 bits per heavy atom. The van der Waals surface area contributed by atoms with E-state index in [-0.39, 0.29) is 5.78 Å². The smallest absolute Gasteiger partial charge is 0.163 e. The van der Waals surface area contributed by atoms with Gasteiger partial charge in [-0.3, -0.25) is 4.79 Å². The molecule has 58 valence electrons. The van der Waals surface area contributed by atoms with Crippen molar-refractivity contribution in [3.05, 3.63) is 17.8 Å². The molecule has 0 aliphatic carbocycles. The van der Waals surface area contributed by atoms with E-state index in [0.717, 1.165) is 0 Å². The average molecular weight is 150 g/mol. The minimum absolute atomic E-state index is 0.0213. The molecule has 0 radical (unpaired) electrons. The maximum absolute atomic E-state index is 10.9. The van der Waals surface area contributed by atoms with Crippen molar-refractivity contribution in [1.29, 1.82) is 0 Å². The Morgan fingerprint density at radius 3 is 2.73 bits per heavy atom. The van der Waals surface area contributed by atoms with Gasteiger partial charge in [0.05, 0.1) is 5.56 Å². The van der Waals surface area contributed by atoms with Gasteiger partial charge in [-0.15, -0.1) is 0 Å². The molecule has 0 aromatic carbocycles. The number of aryl methyl sites for hydroxylation is 1. The van der Waals surface area contributed by atoms with E-state index in [1.54, 1.807) is 16.8 Å². The van der Waals surface area contributed by atoms with E-state index in [1.807, 2.05) is 7.05 Å². The second-order valence-electron chi connectivity index (χ2n) is 2.38. The zero-order chi connectivity index (χ0) is 8.43. The average Bonchev–Trinajstić information content (AvgIpc) is 2.30. The standard InChI is InChI=1S/C8H10N2O/c1-6(11)7-4-5-10(3)8(7)9-2/h4-5H,2H2,1,3H3. The van der Waals surface area contributed by atoms with Gasteiger partial charge in [0, 0.05) is 13.2 Å². The third-order valence-electron chi connectivity index (χ3n) is 1.57. The molecule has 11 heavy (non-hydrogen) atoms. The molecular weight excluding hydrogens is 140 g/mol. The molecule has 0 bridgehead atoms. The highest BCUT2D eigenvalue weighted by Gasteiger charge is 2.07. The van der Waals surface area contributed by atoms with E-state index in [2.05, 4.69) is 11.7 Å². The lowest BCUT2D eigenvalue weighted by atomic mass is 10.2. The Morgan fingerprint density at radius 2 is 2.36 bits per heavy atom. The summed E-state index contributed by atoms with van der Waals surface area (Å²) >= 11 is 0. The van der Waals surface area contributed by atoms with Crippen molar-refractivity contribution in [1.82, 2.24) is 4.57 Å². The van der Waals surface area contributed by atoms with E-state index in [4.69, 9.17) is 0 Å². The van der Waals surface area contributed by atoms with Gasteiger partial charge < -0.3 is 4.57 Å². The molecule has 0 fully saturated rings. The third-order valence-corrected chi connectivity index (χ3v) is 1.57. The highest BCUT2D eigenvalue weighted by Crippen LogP contribution is 2.18. The normalized spacial score (nSPS) is 9.64. The number of carbonyl (C=O) groups is 1. The maximum Gasteiger partial charge on any atom is 0.163 e. The van der Waals surface area contributed by atoms with Crippen molar-refractivity contribution in [3.8, 4) is 0 Å². The Bertz CT molecular complexity index is 299. The van der Waals surface area contributed by atoms with E-state index in [1.165, 1.54) is 6.92 Å². The Labute approximate surface area is 65.4 Å². The molecule has 1 heterocycles. The summed E-state index contributed by atoms with van der Waals surface area (Å²) in [5, 5.41) is 0. The summed E-state index contributed by atoms with van der Waals surface area (Å²) < 4.78 is 1.77. The van der Waals surface area contributed by atoms with Gasteiger partial charge in [-0.2, -0.15) is 0 Å². The molecule has 0 unspecified atom stereocenters. The molecular formula is C8H10N2O. The molecule has 3 heteroatoms. The lowest BCUT2D eigenvalue weighted by Crippen LogP contribution is -1.91. The highest BCUT2D eigenvalue weighted by atomic mass is 16.1. The first-order valence-corrected chi connectivity index (χ1v) is 3.29. The van der Waals surface area contributed by atoms with E-state index in [9.17, 15) is 4.79 Å². The predicted octanol–water partition coefficient (Wildman–Crippen LogP) is 1.56. The summed E-state index contributed by atoms with van der Waals surface area (Å²) in [4.78, 5) is 14.7. The van der Waals surface area contributed by atoms with Crippen molar-refractivity contribution in [3.63, 3.8) is 0 Å². The number of carbonyl (C=O) groups excluding carboxylic acids is 1.